The summed E-state index contributed by atoms with van der Waals surface area (Å²) in [6, 6.07) is 4.92. The fourth-order valence-corrected chi connectivity index (χ4v) is 2.63. The summed E-state index contributed by atoms with van der Waals surface area (Å²) in [6.07, 6.45) is 1.99. The summed E-state index contributed by atoms with van der Waals surface area (Å²) in [5, 5.41) is 6.37. The Morgan fingerprint density at radius 2 is 2.05 bits per heavy atom. The number of pyridine rings is 1. The third-order valence-corrected chi connectivity index (χ3v) is 3.73. The summed E-state index contributed by atoms with van der Waals surface area (Å²) >= 11 is 5.97. The summed E-state index contributed by atoms with van der Waals surface area (Å²) in [5.74, 6) is -0.772. The zero-order chi connectivity index (χ0) is 15.9. The minimum atomic E-state index is -0.695. The molecule has 0 aliphatic carbocycles. The van der Waals surface area contributed by atoms with Crippen LogP contribution in [0.15, 0.2) is 30.6 Å². The van der Waals surface area contributed by atoms with Crippen LogP contribution in [0, 0.1) is 5.82 Å². The maximum atomic E-state index is 14.3. The average molecular weight is 321 g/mol. The van der Waals surface area contributed by atoms with Crippen LogP contribution >= 0.6 is 11.6 Å². The molecule has 0 saturated heterocycles. The van der Waals surface area contributed by atoms with Crippen molar-refractivity contribution < 1.29 is 9.18 Å². The summed E-state index contributed by atoms with van der Waals surface area (Å²) in [7, 11) is 3.57. The minimum Gasteiger partial charge on any atom is -0.376 e. The van der Waals surface area contributed by atoms with E-state index in [0.29, 0.717) is 27.5 Å². The molecule has 0 fully saturated rings. The molecule has 0 radical (unpaired) electrons. The lowest BCUT2D eigenvalue weighted by Gasteiger charge is -2.30. The Labute approximate surface area is 132 Å². The van der Waals surface area contributed by atoms with Gasteiger partial charge in [0, 0.05) is 19.1 Å². The quantitative estimate of drug-likeness (QED) is 0.893. The van der Waals surface area contributed by atoms with E-state index >= 15 is 0 Å². The highest BCUT2D eigenvalue weighted by molar-refractivity contribution is 6.31. The van der Waals surface area contributed by atoms with Gasteiger partial charge in [-0.3, -0.25) is 9.78 Å². The van der Waals surface area contributed by atoms with E-state index in [2.05, 4.69) is 15.6 Å². The summed E-state index contributed by atoms with van der Waals surface area (Å²) in [4.78, 5) is 17.8. The summed E-state index contributed by atoms with van der Waals surface area (Å²) in [5.41, 5.74) is 1.96. The number of halogens is 2. The van der Waals surface area contributed by atoms with Gasteiger partial charge in [0.1, 0.15) is 6.17 Å². The molecule has 1 aromatic heterocycles. The lowest BCUT2D eigenvalue weighted by atomic mass is 10.0. The number of anilines is 2. The normalized spacial score (nSPS) is 16.5. The molecule has 0 spiro atoms. The van der Waals surface area contributed by atoms with E-state index in [-0.39, 0.29) is 5.91 Å². The van der Waals surface area contributed by atoms with E-state index in [1.807, 2.05) is 0 Å². The van der Waals surface area contributed by atoms with Gasteiger partial charge in [-0.1, -0.05) is 11.6 Å². The number of nitrogens with zero attached hydrogens (tertiary/aromatic N) is 2. The highest BCUT2D eigenvalue weighted by Gasteiger charge is 2.29. The van der Waals surface area contributed by atoms with Gasteiger partial charge in [-0.25, -0.2) is 4.39 Å². The Morgan fingerprint density at radius 3 is 2.77 bits per heavy atom. The van der Waals surface area contributed by atoms with Crippen molar-refractivity contribution in [1.29, 1.82) is 0 Å². The minimum absolute atomic E-state index is 0.281. The molecule has 1 unspecified atom stereocenters. The van der Waals surface area contributed by atoms with Crippen molar-refractivity contribution in [3.63, 3.8) is 0 Å². The van der Waals surface area contributed by atoms with Gasteiger partial charge < -0.3 is 15.5 Å². The van der Waals surface area contributed by atoms with E-state index in [1.165, 1.54) is 0 Å². The predicted molar refractivity (Wildman–Crippen MR) is 83.8 cm³/mol. The van der Waals surface area contributed by atoms with Gasteiger partial charge in [0.25, 0.3) is 5.91 Å². The van der Waals surface area contributed by atoms with Gasteiger partial charge in [0.15, 0.2) is 5.82 Å². The molecule has 0 saturated carbocycles. The molecular weight excluding hydrogens is 307 g/mol. The fourth-order valence-electron chi connectivity index (χ4n) is 2.46. The Bertz CT molecular complexity index is 750. The number of carbonyl (C=O) groups is 1. The fraction of sp³-hybridized carbons (Fsp3) is 0.200. The number of rotatable bonds is 2. The number of amides is 1. The van der Waals surface area contributed by atoms with Crippen LogP contribution in [0.25, 0.3) is 0 Å². The van der Waals surface area contributed by atoms with Gasteiger partial charge in [-0.05, 0) is 18.2 Å². The maximum Gasteiger partial charge on any atom is 0.255 e. The second-order valence-corrected chi connectivity index (χ2v) is 5.63. The molecule has 0 bridgehead atoms. The third-order valence-electron chi connectivity index (χ3n) is 3.49. The van der Waals surface area contributed by atoms with Crippen molar-refractivity contribution >= 4 is 28.9 Å². The average Bonchev–Trinajstić information content (AvgIpc) is 2.46. The Hall–Kier alpha value is -2.34. The monoisotopic (exact) mass is 320 g/mol. The molecule has 114 valence electrons. The maximum absolute atomic E-state index is 14.3. The molecule has 7 heteroatoms. The molecule has 2 heterocycles. The van der Waals surface area contributed by atoms with Crippen molar-refractivity contribution in [2.24, 2.45) is 0 Å². The largest absolute Gasteiger partial charge is 0.376 e. The van der Waals surface area contributed by atoms with E-state index in [1.54, 1.807) is 43.4 Å². The van der Waals surface area contributed by atoms with E-state index in [9.17, 15) is 9.18 Å². The van der Waals surface area contributed by atoms with Crippen LogP contribution in [-0.4, -0.2) is 25.0 Å². The van der Waals surface area contributed by atoms with Crippen LogP contribution in [0.3, 0.4) is 0 Å². The van der Waals surface area contributed by atoms with Crippen molar-refractivity contribution in [2.45, 2.75) is 6.17 Å². The van der Waals surface area contributed by atoms with Crippen molar-refractivity contribution in [3.8, 4) is 0 Å². The number of nitrogens with one attached hydrogen (secondary N) is 2. The van der Waals surface area contributed by atoms with E-state index in [0.717, 1.165) is 6.20 Å². The number of hydrogen-bond acceptors (Lipinski definition) is 4. The van der Waals surface area contributed by atoms with Crippen LogP contribution in [-0.2, 0) is 0 Å². The highest BCUT2D eigenvalue weighted by atomic mass is 35.5. The first-order valence-electron chi connectivity index (χ1n) is 6.65. The van der Waals surface area contributed by atoms with Crippen LogP contribution < -0.4 is 15.5 Å². The molecule has 1 atom stereocenters. The first-order chi connectivity index (χ1) is 10.5. The zero-order valence-electron chi connectivity index (χ0n) is 12.0. The topological polar surface area (TPSA) is 57.3 Å². The van der Waals surface area contributed by atoms with Crippen LogP contribution in [0.1, 0.15) is 22.1 Å². The molecule has 1 aromatic carbocycles. The summed E-state index contributed by atoms with van der Waals surface area (Å²) < 4.78 is 14.3. The molecule has 5 nitrogen and oxygen atoms in total. The van der Waals surface area contributed by atoms with Gasteiger partial charge in [0.2, 0.25) is 0 Å². The Kier molecular flexibility index (Phi) is 3.62. The predicted octanol–water partition coefficient (Wildman–Crippen LogP) is 2.79. The number of carbonyl (C=O) groups excluding carboxylic acids is 1. The van der Waals surface area contributed by atoms with Gasteiger partial charge in [-0.2, -0.15) is 0 Å². The SMILES string of the molecule is CN(C)c1cncc(F)c1C1NC(=O)c2ccc(Cl)cc2N1. The molecule has 2 N–H and O–H groups in total. The third kappa shape index (κ3) is 2.46. The van der Waals surface area contributed by atoms with Crippen LogP contribution in [0.2, 0.25) is 5.02 Å². The molecule has 22 heavy (non-hydrogen) atoms. The molecule has 2 aromatic rings. The first kappa shape index (κ1) is 14.6. The van der Waals surface area contributed by atoms with Gasteiger partial charge >= 0.3 is 0 Å². The van der Waals surface area contributed by atoms with E-state index in [4.69, 9.17) is 11.6 Å². The molecular formula is C15H14ClFN4O. The lowest BCUT2D eigenvalue weighted by Crippen LogP contribution is -2.39. The molecule has 1 aliphatic heterocycles. The van der Waals surface area contributed by atoms with Crippen molar-refractivity contribution in [1.82, 2.24) is 10.3 Å². The van der Waals surface area contributed by atoms with Gasteiger partial charge in [0.05, 0.1) is 34.9 Å². The standard InChI is InChI=1S/C15H14ClFN4O/c1-21(2)12-7-18-6-10(17)13(12)14-19-11-5-8(16)3-4-9(11)15(22)20-14/h3-7,14,19H,1-2H3,(H,20,22). The smallest absolute Gasteiger partial charge is 0.255 e. The second kappa shape index (κ2) is 5.46. The molecule has 1 aliphatic rings. The number of aromatic nitrogens is 1. The van der Waals surface area contributed by atoms with Crippen LogP contribution in [0.4, 0.5) is 15.8 Å². The highest BCUT2D eigenvalue weighted by Crippen LogP contribution is 2.33. The van der Waals surface area contributed by atoms with Crippen molar-refractivity contribution in [2.75, 3.05) is 24.3 Å². The number of fused-ring (bicyclic) bond motifs is 1. The zero-order valence-corrected chi connectivity index (χ0v) is 12.8. The summed E-state index contributed by atoms with van der Waals surface area (Å²) in [6.45, 7) is 0. The van der Waals surface area contributed by atoms with Crippen molar-refractivity contribution in [3.05, 3.63) is 52.6 Å². The lowest BCUT2D eigenvalue weighted by molar-refractivity contribution is 0.0935. The van der Waals surface area contributed by atoms with E-state index < -0.39 is 12.0 Å². The van der Waals surface area contributed by atoms with Crippen LogP contribution in [0.5, 0.6) is 0 Å². The molecule has 1 amide bonds. The number of hydrogen-bond donors (Lipinski definition) is 2. The molecule has 3 rings (SSSR count). The second-order valence-electron chi connectivity index (χ2n) is 5.19. The Morgan fingerprint density at radius 1 is 1.27 bits per heavy atom. The van der Waals surface area contributed by atoms with Gasteiger partial charge in [-0.15, -0.1) is 0 Å². The Balaban J connectivity index is 2.07. The first-order valence-corrected chi connectivity index (χ1v) is 7.03. The number of benzene rings is 1.